The lowest BCUT2D eigenvalue weighted by atomic mass is 10.2. The number of fused-ring (bicyclic) bond motifs is 1. The molecule has 0 aliphatic carbocycles. The Morgan fingerprint density at radius 1 is 1.11 bits per heavy atom. The van der Waals surface area contributed by atoms with Crippen molar-refractivity contribution in [1.29, 1.82) is 5.26 Å². The fourth-order valence-electron chi connectivity index (χ4n) is 2.92. The molecule has 7 nitrogen and oxygen atoms in total. The lowest BCUT2D eigenvalue weighted by molar-refractivity contribution is 0.696. The maximum Gasteiger partial charge on any atom is 0.332 e. The van der Waals surface area contributed by atoms with Gasteiger partial charge in [0.2, 0.25) is 0 Å². The van der Waals surface area contributed by atoms with Crippen LogP contribution in [0.15, 0.2) is 45.1 Å². The second-order valence-electron chi connectivity index (χ2n) is 6.31. The van der Waals surface area contributed by atoms with Crippen molar-refractivity contribution < 1.29 is 0 Å². The van der Waals surface area contributed by atoms with Crippen LogP contribution in [0, 0.1) is 11.3 Å². The molecule has 8 heteroatoms. The second-order valence-corrected chi connectivity index (χ2v) is 7.37. The quantitative estimate of drug-likeness (QED) is 0.461. The molecule has 0 saturated carbocycles. The molecule has 2 heterocycles. The lowest BCUT2D eigenvalue weighted by Crippen LogP contribution is -2.37. The van der Waals surface area contributed by atoms with Crippen LogP contribution in [0.1, 0.15) is 24.8 Å². The number of benzene rings is 1. The third-order valence-corrected chi connectivity index (χ3v) is 5.47. The van der Waals surface area contributed by atoms with Crippen molar-refractivity contribution in [2.75, 3.05) is 5.75 Å². The number of hydrogen-bond donors (Lipinski definition) is 0. The van der Waals surface area contributed by atoms with Gasteiger partial charge in [-0.1, -0.05) is 42.1 Å². The van der Waals surface area contributed by atoms with Crippen molar-refractivity contribution in [2.45, 2.75) is 31.0 Å². The Bertz CT molecular complexity index is 1110. The van der Waals surface area contributed by atoms with Gasteiger partial charge in [0.15, 0.2) is 16.3 Å². The number of nitriles is 1. The Morgan fingerprint density at radius 2 is 1.85 bits per heavy atom. The highest BCUT2D eigenvalue weighted by atomic mass is 32.2. The number of unbranched alkanes of at least 4 members (excludes halogenated alkanes) is 2. The SMILES string of the molecule is Cn1c(=O)c2c(nc(SCCCCC#N)n2Cc2ccccc2)n(C)c1=O. The van der Waals surface area contributed by atoms with Gasteiger partial charge in [-0.15, -0.1) is 0 Å². The van der Waals surface area contributed by atoms with Crippen molar-refractivity contribution >= 4 is 22.9 Å². The van der Waals surface area contributed by atoms with Crippen LogP contribution in [0.25, 0.3) is 11.2 Å². The number of nitrogens with zero attached hydrogens (tertiary/aromatic N) is 5. The Kier molecular flexibility index (Phi) is 5.81. The molecule has 0 amide bonds. The predicted molar refractivity (Wildman–Crippen MR) is 106 cm³/mol. The summed E-state index contributed by atoms with van der Waals surface area (Å²) in [6.45, 7) is 0.505. The van der Waals surface area contributed by atoms with Gasteiger partial charge >= 0.3 is 5.69 Å². The molecule has 0 unspecified atom stereocenters. The van der Waals surface area contributed by atoms with E-state index in [0.29, 0.717) is 29.3 Å². The first-order chi connectivity index (χ1) is 13.0. The first-order valence-electron chi connectivity index (χ1n) is 8.74. The Hall–Kier alpha value is -2.79. The fourth-order valence-corrected chi connectivity index (χ4v) is 3.91. The van der Waals surface area contributed by atoms with Gasteiger partial charge in [-0.3, -0.25) is 13.9 Å². The summed E-state index contributed by atoms with van der Waals surface area (Å²) in [5, 5.41) is 9.37. The highest BCUT2D eigenvalue weighted by Crippen LogP contribution is 2.24. The molecule has 27 heavy (non-hydrogen) atoms. The standard InChI is InChI=1S/C19H21N5O2S/c1-22-16-15(17(25)23(2)19(22)26)24(13-14-9-5-3-6-10-14)18(21-16)27-12-8-4-7-11-20/h3,5-6,9-10H,4,7-8,12-13H2,1-2H3. The summed E-state index contributed by atoms with van der Waals surface area (Å²) in [5.41, 5.74) is 1.16. The summed E-state index contributed by atoms with van der Waals surface area (Å²) in [6, 6.07) is 12.0. The van der Waals surface area contributed by atoms with Gasteiger partial charge in [0, 0.05) is 26.3 Å². The predicted octanol–water partition coefficient (Wildman–Crippen LogP) is 2.27. The fraction of sp³-hybridized carbons (Fsp3) is 0.368. The summed E-state index contributed by atoms with van der Waals surface area (Å²) in [4.78, 5) is 29.6. The van der Waals surface area contributed by atoms with Gasteiger partial charge in [0.05, 0.1) is 12.6 Å². The minimum absolute atomic E-state index is 0.340. The minimum Gasteiger partial charge on any atom is -0.309 e. The molecule has 0 saturated heterocycles. The van der Waals surface area contributed by atoms with E-state index in [2.05, 4.69) is 11.1 Å². The van der Waals surface area contributed by atoms with Gasteiger partial charge in [0.1, 0.15) is 0 Å². The van der Waals surface area contributed by atoms with E-state index in [-0.39, 0.29) is 11.2 Å². The number of thioether (sulfide) groups is 1. The van der Waals surface area contributed by atoms with Gasteiger partial charge in [-0.25, -0.2) is 9.78 Å². The molecule has 0 aliphatic heterocycles. The van der Waals surface area contributed by atoms with Gasteiger partial charge in [0.25, 0.3) is 5.56 Å². The monoisotopic (exact) mass is 383 g/mol. The zero-order chi connectivity index (χ0) is 19.4. The smallest absolute Gasteiger partial charge is 0.309 e. The van der Waals surface area contributed by atoms with E-state index in [1.807, 2.05) is 34.9 Å². The minimum atomic E-state index is -0.387. The van der Waals surface area contributed by atoms with E-state index < -0.39 is 0 Å². The molecular formula is C19H21N5O2S. The van der Waals surface area contributed by atoms with Gasteiger partial charge < -0.3 is 4.57 Å². The van der Waals surface area contributed by atoms with Crippen LogP contribution >= 0.6 is 11.8 Å². The average molecular weight is 383 g/mol. The number of aryl methyl sites for hydroxylation is 1. The molecule has 3 aromatic rings. The van der Waals surface area contributed by atoms with Crippen molar-refractivity contribution in [3.63, 3.8) is 0 Å². The molecule has 140 valence electrons. The highest BCUT2D eigenvalue weighted by Gasteiger charge is 2.19. The number of aromatic nitrogens is 4. The van der Waals surface area contributed by atoms with Crippen molar-refractivity contribution in [3.05, 3.63) is 56.7 Å². The number of hydrogen-bond acceptors (Lipinski definition) is 5. The molecule has 0 fully saturated rings. The van der Waals surface area contributed by atoms with E-state index in [0.717, 1.165) is 28.7 Å². The normalized spacial score (nSPS) is 11.0. The Morgan fingerprint density at radius 3 is 2.56 bits per heavy atom. The van der Waals surface area contributed by atoms with E-state index in [4.69, 9.17) is 5.26 Å². The molecule has 2 aromatic heterocycles. The molecule has 0 spiro atoms. The number of imidazole rings is 1. The van der Waals surface area contributed by atoms with Crippen LogP contribution < -0.4 is 11.2 Å². The molecule has 1 aromatic carbocycles. The van der Waals surface area contributed by atoms with Crippen molar-refractivity contribution in [1.82, 2.24) is 18.7 Å². The first-order valence-corrected chi connectivity index (χ1v) is 9.73. The molecular weight excluding hydrogens is 362 g/mol. The third kappa shape index (κ3) is 3.83. The summed E-state index contributed by atoms with van der Waals surface area (Å²) in [6.07, 6.45) is 2.27. The van der Waals surface area contributed by atoms with Crippen LogP contribution in [0.3, 0.4) is 0 Å². The maximum absolute atomic E-state index is 12.8. The maximum atomic E-state index is 12.8. The highest BCUT2D eigenvalue weighted by molar-refractivity contribution is 7.99. The summed E-state index contributed by atoms with van der Waals surface area (Å²) >= 11 is 1.55. The average Bonchev–Trinajstić information content (AvgIpc) is 3.04. The molecule has 0 radical (unpaired) electrons. The molecule has 3 rings (SSSR count). The second kappa shape index (κ2) is 8.27. The number of rotatable bonds is 7. The van der Waals surface area contributed by atoms with Gasteiger partial charge in [-0.05, 0) is 18.4 Å². The van der Waals surface area contributed by atoms with Crippen molar-refractivity contribution in [2.24, 2.45) is 14.1 Å². The summed E-state index contributed by atoms with van der Waals surface area (Å²) in [7, 11) is 3.12. The Labute approximate surface area is 160 Å². The zero-order valence-electron chi connectivity index (χ0n) is 15.4. The molecule has 0 N–H and O–H groups in total. The molecule has 0 aliphatic rings. The van der Waals surface area contributed by atoms with E-state index in [1.54, 1.807) is 18.8 Å². The Balaban J connectivity index is 2.07. The van der Waals surface area contributed by atoms with E-state index >= 15 is 0 Å². The topological polar surface area (TPSA) is 85.6 Å². The molecule has 0 bridgehead atoms. The van der Waals surface area contributed by atoms with Crippen LogP contribution in [0.2, 0.25) is 0 Å². The van der Waals surface area contributed by atoms with E-state index in [1.165, 1.54) is 11.6 Å². The van der Waals surface area contributed by atoms with Crippen LogP contribution in [-0.2, 0) is 20.6 Å². The zero-order valence-corrected chi connectivity index (χ0v) is 16.2. The van der Waals surface area contributed by atoms with E-state index in [9.17, 15) is 9.59 Å². The lowest BCUT2D eigenvalue weighted by Gasteiger charge is -2.09. The van der Waals surface area contributed by atoms with Crippen molar-refractivity contribution in [3.8, 4) is 6.07 Å². The summed E-state index contributed by atoms with van der Waals surface area (Å²) < 4.78 is 4.42. The summed E-state index contributed by atoms with van der Waals surface area (Å²) in [5.74, 6) is 0.800. The first kappa shape index (κ1) is 19.0. The molecule has 0 atom stereocenters. The van der Waals surface area contributed by atoms with Crippen LogP contribution in [0.4, 0.5) is 0 Å². The largest absolute Gasteiger partial charge is 0.332 e. The third-order valence-electron chi connectivity index (χ3n) is 4.41. The van der Waals surface area contributed by atoms with Crippen LogP contribution in [0.5, 0.6) is 0 Å². The van der Waals surface area contributed by atoms with Gasteiger partial charge in [-0.2, -0.15) is 5.26 Å². The van der Waals surface area contributed by atoms with Crippen LogP contribution in [-0.4, -0.2) is 24.4 Å².